The number of anilines is 1. The molecule has 1 N–H and O–H groups in total. The summed E-state index contributed by atoms with van der Waals surface area (Å²) in [6, 6.07) is 15.0. The van der Waals surface area contributed by atoms with Crippen molar-refractivity contribution in [2.75, 3.05) is 4.90 Å². The summed E-state index contributed by atoms with van der Waals surface area (Å²) in [6.45, 7) is 0. The summed E-state index contributed by atoms with van der Waals surface area (Å²) in [5, 5.41) is 3.93. The average Bonchev–Trinajstić information content (AvgIpc) is 3.09. The lowest BCUT2D eigenvalue weighted by molar-refractivity contribution is -0.134. The Labute approximate surface area is 152 Å². The van der Waals surface area contributed by atoms with E-state index in [2.05, 4.69) is 10.5 Å². The SMILES string of the molecule is O=C1N(c2ccc(Cl)cc2)C(c2ccccc2)C12CC(C(F)(F)F)=NN2. The van der Waals surface area contributed by atoms with E-state index in [-0.39, 0.29) is 0 Å². The van der Waals surface area contributed by atoms with Gasteiger partial charge in [-0.25, -0.2) is 0 Å². The first kappa shape index (κ1) is 16.9. The molecule has 4 rings (SSSR count). The van der Waals surface area contributed by atoms with Gasteiger partial charge in [-0.3, -0.25) is 15.1 Å². The minimum absolute atomic E-state index is 0.448. The molecule has 2 aromatic rings. The quantitative estimate of drug-likeness (QED) is 0.799. The van der Waals surface area contributed by atoms with E-state index in [1.807, 2.05) is 6.07 Å². The van der Waals surface area contributed by atoms with Crippen LogP contribution in [0.4, 0.5) is 18.9 Å². The summed E-state index contributed by atoms with van der Waals surface area (Å²) >= 11 is 5.90. The highest BCUT2D eigenvalue weighted by Gasteiger charge is 2.66. The molecule has 2 aliphatic rings. The molecule has 0 aliphatic carbocycles. The molecule has 4 nitrogen and oxygen atoms in total. The van der Waals surface area contributed by atoms with E-state index in [0.29, 0.717) is 10.7 Å². The number of hydrogen-bond acceptors (Lipinski definition) is 3. The van der Waals surface area contributed by atoms with Crippen molar-refractivity contribution in [3.8, 4) is 0 Å². The Bertz CT molecular complexity index is 883. The van der Waals surface area contributed by atoms with Crippen LogP contribution in [-0.4, -0.2) is 23.3 Å². The van der Waals surface area contributed by atoms with Crippen LogP contribution < -0.4 is 10.3 Å². The van der Waals surface area contributed by atoms with Gasteiger partial charge in [0.2, 0.25) is 0 Å². The summed E-state index contributed by atoms with van der Waals surface area (Å²) in [7, 11) is 0. The first-order chi connectivity index (χ1) is 12.3. The number of hydrogen-bond donors (Lipinski definition) is 1. The number of hydrazone groups is 1. The molecule has 0 radical (unpaired) electrons. The van der Waals surface area contributed by atoms with Gasteiger partial charge in [0.1, 0.15) is 5.71 Å². The number of carbonyl (C=O) groups excluding carboxylic acids is 1. The Morgan fingerprint density at radius 1 is 1.12 bits per heavy atom. The summed E-state index contributed by atoms with van der Waals surface area (Å²) in [4.78, 5) is 14.4. The highest BCUT2D eigenvalue weighted by molar-refractivity contribution is 6.30. The van der Waals surface area contributed by atoms with E-state index in [4.69, 9.17) is 11.6 Å². The predicted molar refractivity (Wildman–Crippen MR) is 92.1 cm³/mol. The normalized spacial score (nSPS) is 25.1. The first-order valence-corrected chi connectivity index (χ1v) is 8.26. The van der Waals surface area contributed by atoms with Gasteiger partial charge >= 0.3 is 6.18 Å². The van der Waals surface area contributed by atoms with Gasteiger partial charge in [-0.2, -0.15) is 18.3 Å². The van der Waals surface area contributed by atoms with Crippen LogP contribution in [0, 0.1) is 0 Å². The van der Waals surface area contributed by atoms with E-state index in [0.717, 1.165) is 5.56 Å². The Morgan fingerprint density at radius 3 is 2.35 bits per heavy atom. The molecule has 26 heavy (non-hydrogen) atoms. The molecule has 2 unspecified atom stereocenters. The summed E-state index contributed by atoms with van der Waals surface area (Å²) in [5.74, 6) is -0.448. The van der Waals surface area contributed by atoms with Crippen molar-refractivity contribution in [1.82, 2.24) is 5.43 Å². The van der Waals surface area contributed by atoms with Gasteiger partial charge in [-0.05, 0) is 29.8 Å². The molecule has 1 amide bonds. The molecular weight excluding hydrogens is 367 g/mol. The lowest BCUT2D eigenvalue weighted by atomic mass is 9.72. The number of β-lactam (4-membered cyclic amide) rings is 1. The Morgan fingerprint density at radius 2 is 1.77 bits per heavy atom. The lowest BCUT2D eigenvalue weighted by Crippen LogP contribution is -2.73. The van der Waals surface area contributed by atoms with Crippen LogP contribution in [0.1, 0.15) is 18.0 Å². The third-order valence-corrected chi connectivity index (χ3v) is 4.96. The molecular formula is C18H13ClF3N3O. The molecule has 2 heterocycles. The van der Waals surface area contributed by atoms with Crippen LogP contribution in [-0.2, 0) is 4.79 Å². The van der Waals surface area contributed by atoms with Gasteiger partial charge in [0.25, 0.3) is 5.91 Å². The minimum atomic E-state index is -4.57. The number of carbonyl (C=O) groups is 1. The van der Waals surface area contributed by atoms with Gasteiger partial charge in [-0.15, -0.1) is 0 Å². The van der Waals surface area contributed by atoms with E-state index in [1.165, 1.54) is 4.90 Å². The number of halogens is 4. The van der Waals surface area contributed by atoms with Crippen LogP contribution in [0.15, 0.2) is 59.7 Å². The molecule has 2 atom stereocenters. The topological polar surface area (TPSA) is 44.7 Å². The van der Waals surface area contributed by atoms with Crippen LogP contribution in [0.2, 0.25) is 5.02 Å². The maximum atomic E-state index is 13.1. The van der Waals surface area contributed by atoms with Gasteiger partial charge in [0.05, 0.1) is 6.04 Å². The Hall–Kier alpha value is -2.54. The molecule has 2 aromatic carbocycles. The van der Waals surface area contributed by atoms with Gasteiger partial charge in [0, 0.05) is 17.1 Å². The van der Waals surface area contributed by atoms with E-state index < -0.39 is 35.8 Å². The molecule has 134 valence electrons. The van der Waals surface area contributed by atoms with Crippen LogP contribution >= 0.6 is 11.6 Å². The lowest BCUT2D eigenvalue weighted by Gasteiger charge is -2.54. The number of nitrogens with zero attached hydrogens (tertiary/aromatic N) is 2. The molecule has 8 heteroatoms. The fraction of sp³-hybridized carbons (Fsp3) is 0.222. The largest absolute Gasteiger partial charge is 0.431 e. The van der Waals surface area contributed by atoms with Crippen molar-refractivity contribution in [3.63, 3.8) is 0 Å². The molecule has 0 aromatic heterocycles. The standard InChI is InChI=1S/C18H13ClF3N3O/c19-12-6-8-13(9-7-12)25-15(11-4-2-1-3-5-11)17(16(25)26)10-14(23-24-17)18(20,21)22/h1-9,15,24H,10H2. The minimum Gasteiger partial charge on any atom is -0.300 e. The number of rotatable bonds is 2. The number of nitrogens with one attached hydrogen (secondary N) is 1. The molecule has 1 spiro atoms. The molecule has 1 fully saturated rings. The predicted octanol–water partition coefficient (Wildman–Crippen LogP) is 4.08. The fourth-order valence-corrected chi connectivity index (χ4v) is 3.62. The zero-order valence-corrected chi connectivity index (χ0v) is 14.1. The monoisotopic (exact) mass is 379 g/mol. The van der Waals surface area contributed by atoms with Crippen molar-refractivity contribution >= 4 is 28.9 Å². The van der Waals surface area contributed by atoms with Crippen molar-refractivity contribution in [3.05, 3.63) is 65.2 Å². The smallest absolute Gasteiger partial charge is 0.300 e. The maximum absolute atomic E-state index is 13.1. The average molecular weight is 380 g/mol. The third kappa shape index (κ3) is 2.46. The molecule has 0 saturated carbocycles. The van der Waals surface area contributed by atoms with Crippen molar-refractivity contribution in [2.45, 2.75) is 24.2 Å². The summed E-state index contributed by atoms with van der Waals surface area (Å²) in [6.07, 6.45) is -5.07. The molecule has 1 saturated heterocycles. The second-order valence-electron chi connectivity index (χ2n) is 6.28. The summed E-state index contributed by atoms with van der Waals surface area (Å²) in [5.41, 5.74) is 1.39. The third-order valence-electron chi connectivity index (χ3n) is 4.71. The highest BCUT2D eigenvalue weighted by Crippen LogP contribution is 2.50. The van der Waals surface area contributed by atoms with Gasteiger partial charge < -0.3 is 0 Å². The van der Waals surface area contributed by atoms with Crippen molar-refractivity contribution < 1.29 is 18.0 Å². The van der Waals surface area contributed by atoms with Gasteiger partial charge in [-0.1, -0.05) is 41.9 Å². The molecule has 0 bridgehead atoms. The Kier molecular flexibility index (Phi) is 3.73. The van der Waals surface area contributed by atoms with Crippen LogP contribution in [0.3, 0.4) is 0 Å². The zero-order chi connectivity index (χ0) is 18.5. The van der Waals surface area contributed by atoms with E-state index in [9.17, 15) is 18.0 Å². The highest BCUT2D eigenvalue weighted by atomic mass is 35.5. The van der Waals surface area contributed by atoms with E-state index >= 15 is 0 Å². The second-order valence-corrected chi connectivity index (χ2v) is 6.72. The first-order valence-electron chi connectivity index (χ1n) is 7.88. The maximum Gasteiger partial charge on any atom is 0.431 e. The number of benzene rings is 2. The fourth-order valence-electron chi connectivity index (χ4n) is 3.50. The number of amides is 1. The Balaban J connectivity index is 1.74. The van der Waals surface area contributed by atoms with Crippen LogP contribution in [0.5, 0.6) is 0 Å². The zero-order valence-electron chi connectivity index (χ0n) is 13.3. The van der Waals surface area contributed by atoms with Crippen LogP contribution in [0.25, 0.3) is 0 Å². The van der Waals surface area contributed by atoms with E-state index in [1.54, 1.807) is 48.5 Å². The summed E-state index contributed by atoms with van der Waals surface area (Å²) < 4.78 is 39.2. The number of alkyl halides is 3. The van der Waals surface area contributed by atoms with Crippen molar-refractivity contribution in [2.24, 2.45) is 5.10 Å². The van der Waals surface area contributed by atoms with Crippen molar-refractivity contribution in [1.29, 1.82) is 0 Å². The van der Waals surface area contributed by atoms with Gasteiger partial charge in [0.15, 0.2) is 5.54 Å². The molecule has 2 aliphatic heterocycles. The second kappa shape index (κ2) is 5.74.